The molecule has 86 valence electrons. The first-order valence-corrected chi connectivity index (χ1v) is 5.41. The zero-order valence-electron chi connectivity index (χ0n) is 10.1. The fraction of sp³-hybridized carbons (Fsp3) is 0.462. The molecule has 0 fully saturated rings. The number of nitrogens with zero attached hydrogens (tertiary/aromatic N) is 2. The monoisotopic (exact) mass is 218 g/mol. The lowest BCUT2D eigenvalue weighted by molar-refractivity contribution is 0.240. The summed E-state index contributed by atoms with van der Waals surface area (Å²) in [6.07, 6.45) is 0. The van der Waals surface area contributed by atoms with Crippen LogP contribution >= 0.6 is 0 Å². The Morgan fingerprint density at radius 2 is 2.19 bits per heavy atom. The number of ether oxygens (including phenoxy) is 1. The Balaban J connectivity index is 2.73. The van der Waals surface area contributed by atoms with Crippen molar-refractivity contribution in [1.29, 1.82) is 5.26 Å². The maximum absolute atomic E-state index is 8.75. The number of nitriles is 1. The van der Waals surface area contributed by atoms with Gasteiger partial charge in [-0.2, -0.15) is 5.26 Å². The number of hydrogen-bond acceptors (Lipinski definition) is 3. The molecule has 3 nitrogen and oxygen atoms in total. The first-order chi connectivity index (χ1) is 7.67. The lowest BCUT2D eigenvalue weighted by atomic mass is 10.2. The molecule has 0 aliphatic rings. The molecule has 0 unspecified atom stereocenters. The van der Waals surface area contributed by atoms with Crippen molar-refractivity contribution >= 4 is 0 Å². The largest absolute Gasteiger partial charge is 0.497 e. The second kappa shape index (κ2) is 6.14. The summed E-state index contributed by atoms with van der Waals surface area (Å²) in [5.41, 5.74) is 1.17. The summed E-state index contributed by atoms with van der Waals surface area (Å²) in [6.45, 7) is 5.42. The average Bonchev–Trinajstić information content (AvgIpc) is 2.28. The van der Waals surface area contributed by atoms with Crippen molar-refractivity contribution in [3.63, 3.8) is 0 Å². The van der Waals surface area contributed by atoms with Gasteiger partial charge in [0.05, 0.1) is 19.7 Å². The van der Waals surface area contributed by atoms with Crippen molar-refractivity contribution in [3.8, 4) is 11.8 Å². The quantitative estimate of drug-likeness (QED) is 0.712. The molecule has 0 aliphatic carbocycles. The zero-order valence-corrected chi connectivity index (χ0v) is 10.1. The van der Waals surface area contributed by atoms with Crippen LogP contribution in [-0.4, -0.2) is 24.6 Å². The molecule has 0 N–H and O–H groups in total. The highest BCUT2D eigenvalue weighted by Crippen LogP contribution is 2.15. The smallest absolute Gasteiger partial charge is 0.119 e. The Morgan fingerprint density at radius 1 is 1.44 bits per heavy atom. The van der Waals surface area contributed by atoms with Crippen LogP contribution in [0.25, 0.3) is 0 Å². The van der Waals surface area contributed by atoms with E-state index in [-0.39, 0.29) is 0 Å². The molecule has 0 bridgehead atoms. The van der Waals surface area contributed by atoms with Gasteiger partial charge in [0.25, 0.3) is 0 Å². The topological polar surface area (TPSA) is 36.3 Å². The summed E-state index contributed by atoms with van der Waals surface area (Å²) < 4.78 is 5.17. The van der Waals surface area contributed by atoms with E-state index in [1.165, 1.54) is 5.56 Å². The summed E-state index contributed by atoms with van der Waals surface area (Å²) in [5, 5.41) is 8.75. The van der Waals surface area contributed by atoms with Gasteiger partial charge in [-0.1, -0.05) is 12.1 Å². The SMILES string of the molecule is COc1cccc(CN(CC#N)C(C)C)c1. The zero-order chi connectivity index (χ0) is 12.0. The molecule has 0 radical (unpaired) electrons. The van der Waals surface area contributed by atoms with Crippen LogP contribution in [0.3, 0.4) is 0 Å². The molecule has 1 rings (SSSR count). The van der Waals surface area contributed by atoms with Crippen molar-refractivity contribution in [3.05, 3.63) is 29.8 Å². The minimum absolute atomic E-state index is 0.367. The molecule has 0 aromatic heterocycles. The fourth-order valence-corrected chi connectivity index (χ4v) is 1.52. The first kappa shape index (κ1) is 12.5. The first-order valence-electron chi connectivity index (χ1n) is 5.41. The third kappa shape index (κ3) is 3.56. The summed E-state index contributed by atoms with van der Waals surface area (Å²) in [5.74, 6) is 0.859. The van der Waals surface area contributed by atoms with Crippen molar-refractivity contribution in [2.45, 2.75) is 26.4 Å². The molecule has 0 spiro atoms. The molecule has 0 heterocycles. The molecule has 0 saturated heterocycles. The summed E-state index contributed by atoms with van der Waals surface area (Å²) >= 11 is 0. The predicted molar refractivity (Wildman–Crippen MR) is 64.2 cm³/mol. The Morgan fingerprint density at radius 3 is 2.75 bits per heavy atom. The Hall–Kier alpha value is -1.53. The molecular formula is C13H18N2O. The van der Waals surface area contributed by atoms with E-state index < -0.39 is 0 Å². The summed E-state index contributed by atoms with van der Waals surface area (Å²) in [4.78, 5) is 2.12. The van der Waals surface area contributed by atoms with Crippen molar-refractivity contribution in [2.75, 3.05) is 13.7 Å². The van der Waals surface area contributed by atoms with E-state index in [0.29, 0.717) is 12.6 Å². The van der Waals surface area contributed by atoms with Crippen LogP contribution in [0.4, 0.5) is 0 Å². The number of benzene rings is 1. The molecular weight excluding hydrogens is 200 g/mol. The summed E-state index contributed by atoms with van der Waals surface area (Å²) in [7, 11) is 1.66. The van der Waals surface area contributed by atoms with Gasteiger partial charge in [0.15, 0.2) is 0 Å². The van der Waals surface area contributed by atoms with Gasteiger partial charge in [-0.05, 0) is 31.5 Å². The molecule has 1 aromatic rings. The molecule has 16 heavy (non-hydrogen) atoms. The molecule has 0 amide bonds. The lowest BCUT2D eigenvalue weighted by Gasteiger charge is -2.23. The van der Waals surface area contributed by atoms with E-state index in [1.807, 2.05) is 18.2 Å². The van der Waals surface area contributed by atoms with Crippen LogP contribution in [0.1, 0.15) is 19.4 Å². The van der Waals surface area contributed by atoms with Crippen molar-refractivity contribution < 1.29 is 4.74 Å². The Bertz CT molecular complexity index is 368. The van der Waals surface area contributed by atoms with Gasteiger partial charge < -0.3 is 4.74 Å². The molecule has 1 aromatic carbocycles. The fourth-order valence-electron chi connectivity index (χ4n) is 1.52. The predicted octanol–water partition coefficient (Wildman–Crippen LogP) is 2.43. The van der Waals surface area contributed by atoms with Crippen LogP contribution in [-0.2, 0) is 6.54 Å². The van der Waals surface area contributed by atoms with Gasteiger partial charge >= 0.3 is 0 Å². The molecule has 0 atom stereocenters. The Labute approximate surface area is 97.3 Å². The van der Waals surface area contributed by atoms with E-state index in [4.69, 9.17) is 10.00 Å². The second-order valence-corrected chi connectivity index (χ2v) is 4.01. The standard InChI is InChI=1S/C13H18N2O/c1-11(2)15(8-7-14)10-12-5-4-6-13(9-12)16-3/h4-6,9,11H,8,10H2,1-3H3. The maximum Gasteiger partial charge on any atom is 0.119 e. The highest BCUT2D eigenvalue weighted by molar-refractivity contribution is 5.28. The van der Waals surface area contributed by atoms with Crippen LogP contribution in [0.2, 0.25) is 0 Å². The van der Waals surface area contributed by atoms with Gasteiger partial charge in [0.2, 0.25) is 0 Å². The van der Waals surface area contributed by atoms with Gasteiger partial charge in [-0.25, -0.2) is 0 Å². The van der Waals surface area contributed by atoms with Crippen LogP contribution in [0.15, 0.2) is 24.3 Å². The lowest BCUT2D eigenvalue weighted by Crippen LogP contribution is -2.30. The third-order valence-electron chi connectivity index (χ3n) is 2.52. The van der Waals surface area contributed by atoms with E-state index in [9.17, 15) is 0 Å². The van der Waals surface area contributed by atoms with Gasteiger partial charge in [0.1, 0.15) is 5.75 Å². The van der Waals surface area contributed by atoms with E-state index in [2.05, 4.69) is 30.9 Å². The van der Waals surface area contributed by atoms with E-state index >= 15 is 0 Å². The third-order valence-corrected chi connectivity index (χ3v) is 2.52. The van der Waals surface area contributed by atoms with E-state index in [1.54, 1.807) is 7.11 Å². The Kier molecular flexibility index (Phi) is 4.81. The van der Waals surface area contributed by atoms with Crippen molar-refractivity contribution in [1.82, 2.24) is 4.90 Å². The second-order valence-electron chi connectivity index (χ2n) is 4.01. The normalized spacial score (nSPS) is 10.5. The van der Waals surface area contributed by atoms with Crippen LogP contribution in [0.5, 0.6) is 5.75 Å². The number of hydrogen-bond donors (Lipinski definition) is 0. The maximum atomic E-state index is 8.75. The summed E-state index contributed by atoms with van der Waals surface area (Å²) in [6, 6.07) is 10.5. The van der Waals surface area contributed by atoms with Crippen LogP contribution < -0.4 is 4.74 Å². The number of rotatable bonds is 5. The van der Waals surface area contributed by atoms with Gasteiger partial charge in [-0.15, -0.1) is 0 Å². The van der Waals surface area contributed by atoms with Gasteiger partial charge in [-0.3, -0.25) is 4.90 Å². The average molecular weight is 218 g/mol. The van der Waals surface area contributed by atoms with Crippen LogP contribution in [0, 0.1) is 11.3 Å². The van der Waals surface area contributed by atoms with Gasteiger partial charge in [0, 0.05) is 12.6 Å². The van der Waals surface area contributed by atoms with Crippen molar-refractivity contribution in [2.24, 2.45) is 0 Å². The minimum atomic E-state index is 0.367. The highest BCUT2D eigenvalue weighted by atomic mass is 16.5. The number of methoxy groups -OCH3 is 1. The molecule has 0 saturated carbocycles. The highest BCUT2D eigenvalue weighted by Gasteiger charge is 2.09. The molecule has 0 aliphatic heterocycles. The minimum Gasteiger partial charge on any atom is -0.497 e. The van der Waals surface area contributed by atoms with E-state index in [0.717, 1.165) is 12.3 Å². The molecule has 3 heteroatoms.